The molecule has 1 aliphatic heterocycles. The lowest BCUT2D eigenvalue weighted by Crippen LogP contribution is -2.38. The molecule has 3 aromatic rings. The zero-order valence-electron chi connectivity index (χ0n) is 15.5. The predicted molar refractivity (Wildman–Crippen MR) is 106 cm³/mol. The van der Waals surface area contributed by atoms with E-state index in [0.717, 1.165) is 37.0 Å². The van der Waals surface area contributed by atoms with E-state index < -0.39 is 6.10 Å². The summed E-state index contributed by atoms with van der Waals surface area (Å²) in [5.41, 5.74) is 1.64. The van der Waals surface area contributed by atoms with Crippen molar-refractivity contribution < 1.29 is 5.11 Å². The Bertz CT molecular complexity index is 962. The Morgan fingerprint density at radius 1 is 1.07 bits per heavy atom. The van der Waals surface area contributed by atoms with Crippen molar-refractivity contribution in [3.05, 3.63) is 76.3 Å². The summed E-state index contributed by atoms with van der Waals surface area (Å²) >= 11 is 0. The molecule has 1 saturated heterocycles. The number of benzene rings is 2. The lowest BCUT2D eigenvalue weighted by Gasteiger charge is -2.37. The third kappa shape index (κ3) is 3.66. The van der Waals surface area contributed by atoms with Gasteiger partial charge in [-0.15, -0.1) is 0 Å². The van der Waals surface area contributed by atoms with Crippen molar-refractivity contribution in [2.24, 2.45) is 5.92 Å². The van der Waals surface area contributed by atoms with Crippen LogP contribution >= 0.6 is 0 Å². The largest absolute Gasteiger partial charge is 0.388 e. The molecule has 5 heteroatoms. The van der Waals surface area contributed by atoms with Crippen LogP contribution in [0.4, 0.5) is 0 Å². The molecule has 140 valence electrons. The maximum Gasteiger partial charge on any atom is 0.258 e. The van der Waals surface area contributed by atoms with E-state index in [0.29, 0.717) is 11.2 Å². The number of para-hydroxylation sites is 1. The SMILES string of the molecule is C[C@@H](c1nc2ccccc2c(=O)[nH]1)N1CCC([C@H](O)c2ccccc2)CC1. The average molecular weight is 363 g/mol. The molecule has 1 aliphatic rings. The third-order valence-electron chi connectivity index (χ3n) is 5.74. The fourth-order valence-corrected chi connectivity index (χ4v) is 4.02. The number of aromatic nitrogens is 2. The molecule has 5 nitrogen and oxygen atoms in total. The Kier molecular flexibility index (Phi) is 5.05. The number of H-pyrrole nitrogens is 1. The number of nitrogens with zero attached hydrogens (tertiary/aromatic N) is 2. The molecular weight excluding hydrogens is 338 g/mol. The Balaban J connectivity index is 1.46. The van der Waals surface area contributed by atoms with Gasteiger partial charge in [0.1, 0.15) is 5.82 Å². The molecule has 0 bridgehead atoms. The van der Waals surface area contributed by atoms with Crippen LogP contribution < -0.4 is 5.56 Å². The summed E-state index contributed by atoms with van der Waals surface area (Å²) in [4.78, 5) is 22.3. The summed E-state index contributed by atoms with van der Waals surface area (Å²) < 4.78 is 0. The highest BCUT2D eigenvalue weighted by Crippen LogP contribution is 2.33. The van der Waals surface area contributed by atoms with Gasteiger partial charge in [-0.05, 0) is 56.5 Å². The van der Waals surface area contributed by atoms with Crippen LogP contribution in [0, 0.1) is 5.92 Å². The van der Waals surface area contributed by atoms with Crippen molar-refractivity contribution >= 4 is 10.9 Å². The summed E-state index contributed by atoms with van der Waals surface area (Å²) in [6, 6.07) is 17.4. The summed E-state index contributed by atoms with van der Waals surface area (Å²) in [5, 5.41) is 11.3. The minimum atomic E-state index is -0.415. The Hall–Kier alpha value is -2.50. The van der Waals surface area contributed by atoms with Gasteiger partial charge in [-0.3, -0.25) is 9.69 Å². The minimum Gasteiger partial charge on any atom is -0.388 e. The van der Waals surface area contributed by atoms with Crippen molar-refractivity contribution in [3.63, 3.8) is 0 Å². The Morgan fingerprint density at radius 2 is 1.74 bits per heavy atom. The second-order valence-electron chi connectivity index (χ2n) is 7.37. The number of piperidine rings is 1. The summed E-state index contributed by atoms with van der Waals surface area (Å²) in [7, 11) is 0. The fourth-order valence-electron chi connectivity index (χ4n) is 4.02. The molecule has 2 aromatic carbocycles. The van der Waals surface area contributed by atoms with Crippen LogP contribution in [0.1, 0.15) is 43.3 Å². The number of hydrogen-bond donors (Lipinski definition) is 2. The van der Waals surface area contributed by atoms with E-state index in [1.165, 1.54) is 0 Å². The van der Waals surface area contributed by atoms with Crippen molar-refractivity contribution in [3.8, 4) is 0 Å². The number of hydrogen-bond acceptors (Lipinski definition) is 4. The van der Waals surface area contributed by atoms with Gasteiger partial charge in [0.15, 0.2) is 0 Å². The quantitative estimate of drug-likeness (QED) is 0.745. The van der Waals surface area contributed by atoms with Crippen molar-refractivity contribution in [2.45, 2.75) is 31.9 Å². The molecule has 2 atom stereocenters. The molecular formula is C22H25N3O2. The van der Waals surface area contributed by atoms with Crippen LogP contribution in [-0.4, -0.2) is 33.1 Å². The van der Waals surface area contributed by atoms with Crippen LogP contribution in [0.25, 0.3) is 10.9 Å². The first-order valence-corrected chi connectivity index (χ1v) is 9.59. The standard InChI is InChI=1S/C22H25N3O2/c1-15(21-23-19-10-6-5-9-18(19)22(27)24-21)25-13-11-17(12-14-25)20(26)16-7-3-2-4-8-16/h2-10,15,17,20,26H,11-14H2,1H3,(H,23,24,27)/t15-,20+/m0/s1. The number of aliphatic hydroxyl groups is 1. The summed E-state index contributed by atoms with van der Waals surface area (Å²) in [5.74, 6) is 0.972. The minimum absolute atomic E-state index is 0.0390. The predicted octanol–water partition coefficient (Wildman–Crippen LogP) is 3.43. The lowest BCUT2D eigenvalue weighted by molar-refractivity contribution is 0.0460. The van der Waals surface area contributed by atoms with Gasteiger partial charge < -0.3 is 10.1 Å². The average Bonchev–Trinajstić information content (AvgIpc) is 2.73. The van der Waals surface area contributed by atoms with E-state index in [4.69, 9.17) is 0 Å². The monoisotopic (exact) mass is 363 g/mol. The van der Waals surface area contributed by atoms with Crippen molar-refractivity contribution in [1.29, 1.82) is 0 Å². The summed E-state index contributed by atoms with van der Waals surface area (Å²) in [6.45, 7) is 3.85. The van der Waals surface area contributed by atoms with Crippen LogP contribution in [0.3, 0.4) is 0 Å². The molecule has 0 spiro atoms. The molecule has 2 N–H and O–H groups in total. The number of rotatable bonds is 4. The molecule has 0 radical (unpaired) electrons. The smallest absolute Gasteiger partial charge is 0.258 e. The first-order valence-electron chi connectivity index (χ1n) is 9.59. The van der Waals surface area contributed by atoms with E-state index in [1.807, 2.05) is 48.5 Å². The lowest BCUT2D eigenvalue weighted by atomic mass is 9.87. The normalized spacial score (nSPS) is 18.4. The van der Waals surface area contributed by atoms with Crippen LogP contribution in [0.2, 0.25) is 0 Å². The van der Waals surface area contributed by atoms with Crippen molar-refractivity contribution in [1.82, 2.24) is 14.9 Å². The first kappa shape index (κ1) is 17.9. The van der Waals surface area contributed by atoms with E-state index >= 15 is 0 Å². The highest BCUT2D eigenvalue weighted by Gasteiger charge is 2.29. The topological polar surface area (TPSA) is 69.2 Å². The van der Waals surface area contributed by atoms with Crippen molar-refractivity contribution in [2.75, 3.05) is 13.1 Å². The molecule has 1 fully saturated rings. The molecule has 4 rings (SSSR count). The van der Waals surface area contributed by atoms with E-state index in [1.54, 1.807) is 6.07 Å². The highest BCUT2D eigenvalue weighted by molar-refractivity contribution is 5.77. The van der Waals surface area contributed by atoms with E-state index in [-0.39, 0.29) is 17.5 Å². The van der Waals surface area contributed by atoms with Gasteiger partial charge in [-0.2, -0.15) is 0 Å². The van der Waals surface area contributed by atoms with E-state index in [9.17, 15) is 9.90 Å². The molecule has 1 aromatic heterocycles. The van der Waals surface area contributed by atoms with Crippen LogP contribution in [0.15, 0.2) is 59.4 Å². The molecule has 0 aliphatic carbocycles. The fraction of sp³-hybridized carbons (Fsp3) is 0.364. The molecule has 0 saturated carbocycles. The van der Waals surface area contributed by atoms with Gasteiger partial charge in [-0.25, -0.2) is 4.98 Å². The number of nitrogens with one attached hydrogen (secondary N) is 1. The summed E-state index contributed by atoms with van der Waals surface area (Å²) in [6.07, 6.45) is 1.44. The van der Waals surface area contributed by atoms with Gasteiger partial charge in [0.05, 0.1) is 23.0 Å². The maximum absolute atomic E-state index is 12.3. The molecule has 0 amide bonds. The Labute approximate surface area is 158 Å². The second kappa shape index (κ2) is 7.62. The molecule has 27 heavy (non-hydrogen) atoms. The molecule has 2 heterocycles. The zero-order chi connectivity index (χ0) is 18.8. The van der Waals surface area contributed by atoms with Gasteiger partial charge in [0.2, 0.25) is 0 Å². The number of likely N-dealkylation sites (tertiary alicyclic amines) is 1. The zero-order valence-corrected chi connectivity index (χ0v) is 15.5. The Morgan fingerprint density at radius 3 is 2.48 bits per heavy atom. The number of aromatic amines is 1. The molecule has 0 unspecified atom stereocenters. The van der Waals surface area contributed by atoms with Gasteiger partial charge in [-0.1, -0.05) is 42.5 Å². The number of aliphatic hydroxyl groups excluding tert-OH is 1. The maximum atomic E-state index is 12.3. The van der Waals surface area contributed by atoms with Gasteiger partial charge >= 0.3 is 0 Å². The first-order chi connectivity index (χ1) is 13.1. The highest BCUT2D eigenvalue weighted by atomic mass is 16.3. The van der Waals surface area contributed by atoms with E-state index in [2.05, 4.69) is 21.8 Å². The number of fused-ring (bicyclic) bond motifs is 1. The van der Waals surface area contributed by atoms with Crippen LogP contribution in [0.5, 0.6) is 0 Å². The van der Waals surface area contributed by atoms with Crippen LogP contribution in [-0.2, 0) is 0 Å². The third-order valence-corrected chi connectivity index (χ3v) is 5.74. The van der Waals surface area contributed by atoms with Gasteiger partial charge in [0.25, 0.3) is 5.56 Å². The van der Waals surface area contributed by atoms with Gasteiger partial charge in [0, 0.05) is 0 Å². The second-order valence-corrected chi connectivity index (χ2v) is 7.37.